The Bertz CT molecular complexity index is 845. The molecule has 0 saturated carbocycles. The lowest BCUT2D eigenvalue weighted by molar-refractivity contribution is -0.897. The van der Waals surface area contributed by atoms with E-state index in [0.717, 1.165) is 19.6 Å². The number of thioether (sulfide) groups is 1. The van der Waals surface area contributed by atoms with Gasteiger partial charge >= 0.3 is 0 Å². The first-order valence-corrected chi connectivity index (χ1v) is 10.3. The maximum atomic E-state index is 13.0. The molecule has 2 aromatic rings. The van der Waals surface area contributed by atoms with Crippen molar-refractivity contribution in [3.63, 3.8) is 0 Å². The number of aromatic nitrogens is 2. The fraction of sp³-hybridized carbons (Fsp3) is 0.450. The first-order chi connectivity index (χ1) is 13.0. The Morgan fingerprint density at radius 3 is 2.74 bits per heavy atom. The van der Waals surface area contributed by atoms with Gasteiger partial charge in [0.25, 0.3) is 5.56 Å². The van der Waals surface area contributed by atoms with Crippen LogP contribution in [-0.2, 0) is 11.3 Å². The molecule has 27 heavy (non-hydrogen) atoms. The third-order valence-electron chi connectivity index (χ3n) is 4.59. The number of hydrogen-bond donors (Lipinski definition) is 2. The van der Waals surface area contributed by atoms with Gasteiger partial charge < -0.3 is 10.2 Å². The van der Waals surface area contributed by atoms with Crippen molar-refractivity contribution < 1.29 is 9.69 Å². The van der Waals surface area contributed by atoms with E-state index < -0.39 is 0 Å². The molecule has 7 heteroatoms. The van der Waals surface area contributed by atoms with Gasteiger partial charge in [0.15, 0.2) is 5.16 Å². The molecule has 0 bridgehead atoms. The number of benzene rings is 1. The number of fused-ring (bicyclic) bond motifs is 1. The van der Waals surface area contributed by atoms with Gasteiger partial charge in [0.05, 0.1) is 42.3 Å². The lowest BCUT2D eigenvalue weighted by atomic mass is 10.2. The zero-order chi connectivity index (χ0) is 19.8. The highest BCUT2D eigenvalue weighted by Gasteiger charge is 2.19. The summed E-state index contributed by atoms with van der Waals surface area (Å²) < 4.78 is 1.72. The molecule has 1 aromatic carbocycles. The van der Waals surface area contributed by atoms with Gasteiger partial charge in [-0.3, -0.25) is 14.2 Å². The number of likely N-dealkylation sites (N-methyl/N-ethyl adjacent to an activating group) is 1. The standard InChI is InChI=1S/C20H28N4O2S/c1-5-12-21-18(25)15(4)27-20-22-17-11-9-8-10-16(17)19(26)24(20)14-13-23(6-2)7-3/h5,8-11,15H,1,6-7,12-14H2,2-4H3,(H,21,25)/p+1/t15-/m0/s1. The fourth-order valence-corrected chi connectivity index (χ4v) is 3.80. The molecule has 0 aliphatic rings. The van der Waals surface area contributed by atoms with Crippen molar-refractivity contribution in [2.75, 3.05) is 26.2 Å². The minimum Gasteiger partial charge on any atom is -0.352 e. The second kappa shape index (κ2) is 10.3. The van der Waals surface area contributed by atoms with Crippen LogP contribution in [0.2, 0.25) is 0 Å². The van der Waals surface area contributed by atoms with Crippen LogP contribution in [0.15, 0.2) is 46.9 Å². The Morgan fingerprint density at radius 2 is 2.07 bits per heavy atom. The first kappa shape index (κ1) is 21.2. The van der Waals surface area contributed by atoms with Crippen molar-refractivity contribution in [2.24, 2.45) is 0 Å². The molecular weight excluding hydrogens is 360 g/mol. The lowest BCUT2D eigenvalue weighted by Crippen LogP contribution is -3.11. The summed E-state index contributed by atoms with van der Waals surface area (Å²) >= 11 is 1.32. The Balaban J connectivity index is 2.36. The third-order valence-corrected chi connectivity index (χ3v) is 5.68. The summed E-state index contributed by atoms with van der Waals surface area (Å²) in [4.78, 5) is 31.4. The second-order valence-electron chi connectivity index (χ2n) is 6.37. The van der Waals surface area contributed by atoms with Gasteiger partial charge in [-0.2, -0.15) is 0 Å². The zero-order valence-electron chi connectivity index (χ0n) is 16.3. The Morgan fingerprint density at radius 1 is 1.37 bits per heavy atom. The average Bonchev–Trinajstić information content (AvgIpc) is 2.68. The number of amides is 1. The fourth-order valence-electron chi connectivity index (χ4n) is 2.84. The molecular formula is C20H29N4O2S+. The van der Waals surface area contributed by atoms with Crippen LogP contribution in [0.1, 0.15) is 20.8 Å². The van der Waals surface area contributed by atoms with Gasteiger partial charge in [0.2, 0.25) is 5.91 Å². The number of carbonyl (C=O) groups is 1. The van der Waals surface area contributed by atoms with E-state index in [9.17, 15) is 9.59 Å². The van der Waals surface area contributed by atoms with Gasteiger partial charge in [0.1, 0.15) is 0 Å². The Hall–Kier alpha value is -2.12. The molecule has 2 N–H and O–H groups in total. The van der Waals surface area contributed by atoms with Crippen LogP contribution in [0.25, 0.3) is 10.9 Å². The van der Waals surface area contributed by atoms with E-state index in [4.69, 9.17) is 0 Å². The van der Waals surface area contributed by atoms with E-state index in [1.54, 1.807) is 16.7 Å². The lowest BCUT2D eigenvalue weighted by Gasteiger charge is -2.19. The third kappa shape index (κ3) is 5.43. The highest BCUT2D eigenvalue weighted by molar-refractivity contribution is 8.00. The quantitative estimate of drug-likeness (QED) is 0.363. The monoisotopic (exact) mass is 389 g/mol. The van der Waals surface area contributed by atoms with Gasteiger partial charge in [0, 0.05) is 6.54 Å². The minimum atomic E-state index is -0.356. The molecule has 0 radical (unpaired) electrons. The van der Waals surface area contributed by atoms with Crippen LogP contribution in [0.3, 0.4) is 0 Å². The number of rotatable bonds is 10. The summed E-state index contributed by atoms with van der Waals surface area (Å²) in [6.07, 6.45) is 1.65. The van der Waals surface area contributed by atoms with E-state index >= 15 is 0 Å². The van der Waals surface area contributed by atoms with E-state index in [1.807, 2.05) is 25.1 Å². The summed E-state index contributed by atoms with van der Waals surface area (Å²) in [5.74, 6) is -0.0942. The van der Waals surface area contributed by atoms with Crippen molar-refractivity contribution in [3.05, 3.63) is 47.3 Å². The predicted molar refractivity (Wildman–Crippen MR) is 111 cm³/mol. The average molecular weight is 390 g/mol. The molecule has 6 nitrogen and oxygen atoms in total. The highest BCUT2D eigenvalue weighted by Crippen LogP contribution is 2.22. The summed E-state index contributed by atoms with van der Waals surface area (Å²) in [5, 5.41) is 3.64. The summed E-state index contributed by atoms with van der Waals surface area (Å²) in [7, 11) is 0. The normalized spacial score (nSPS) is 12.3. The van der Waals surface area contributed by atoms with Crippen LogP contribution in [0, 0.1) is 0 Å². The molecule has 146 valence electrons. The molecule has 0 saturated heterocycles. The summed E-state index contributed by atoms with van der Waals surface area (Å²) in [6, 6.07) is 7.36. The maximum Gasteiger partial charge on any atom is 0.262 e. The molecule has 2 rings (SSSR count). The molecule has 0 unspecified atom stereocenters. The molecule has 1 atom stereocenters. The second-order valence-corrected chi connectivity index (χ2v) is 7.68. The van der Waals surface area contributed by atoms with E-state index in [0.29, 0.717) is 29.1 Å². The van der Waals surface area contributed by atoms with E-state index in [1.165, 1.54) is 16.7 Å². The van der Waals surface area contributed by atoms with E-state index in [-0.39, 0.29) is 16.7 Å². The van der Waals surface area contributed by atoms with Crippen LogP contribution < -0.4 is 15.8 Å². The van der Waals surface area contributed by atoms with Gasteiger partial charge in [-0.1, -0.05) is 30.0 Å². The van der Waals surface area contributed by atoms with Gasteiger partial charge in [-0.15, -0.1) is 6.58 Å². The van der Waals surface area contributed by atoms with Gasteiger partial charge in [-0.25, -0.2) is 4.98 Å². The smallest absolute Gasteiger partial charge is 0.262 e. The maximum absolute atomic E-state index is 13.0. The number of hydrogen-bond acceptors (Lipinski definition) is 4. The molecule has 0 spiro atoms. The van der Waals surface area contributed by atoms with Crippen LogP contribution >= 0.6 is 11.8 Å². The van der Waals surface area contributed by atoms with Crippen LogP contribution in [0.4, 0.5) is 0 Å². The molecule has 1 amide bonds. The van der Waals surface area contributed by atoms with Crippen molar-refractivity contribution >= 4 is 28.6 Å². The Labute approximate surface area is 164 Å². The number of para-hydroxylation sites is 1. The van der Waals surface area contributed by atoms with Crippen molar-refractivity contribution in [1.82, 2.24) is 14.9 Å². The predicted octanol–water partition coefficient (Wildman–Crippen LogP) is 1.10. The highest BCUT2D eigenvalue weighted by atomic mass is 32.2. The number of nitrogens with zero attached hydrogens (tertiary/aromatic N) is 2. The number of nitrogens with one attached hydrogen (secondary N) is 2. The van der Waals surface area contributed by atoms with Crippen molar-refractivity contribution in [1.29, 1.82) is 0 Å². The van der Waals surface area contributed by atoms with Crippen molar-refractivity contribution in [2.45, 2.75) is 37.7 Å². The van der Waals surface area contributed by atoms with Gasteiger partial charge in [-0.05, 0) is 32.9 Å². The first-order valence-electron chi connectivity index (χ1n) is 9.40. The van der Waals surface area contributed by atoms with Crippen LogP contribution in [0.5, 0.6) is 0 Å². The molecule has 0 aliphatic carbocycles. The zero-order valence-corrected chi connectivity index (χ0v) is 17.1. The van der Waals surface area contributed by atoms with Crippen LogP contribution in [-0.4, -0.2) is 46.9 Å². The minimum absolute atomic E-state index is 0.0478. The molecule has 1 heterocycles. The molecule has 0 aliphatic heterocycles. The number of carbonyl (C=O) groups excluding carboxylic acids is 1. The van der Waals surface area contributed by atoms with Crippen molar-refractivity contribution in [3.8, 4) is 0 Å². The van der Waals surface area contributed by atoms with E-state index in [2.05, 4.69) is 30.7 Å². The summed E-state index contributed by atoms with van der Waals surface area (Å²) in [6.45, 7) is 13.6. The molecule has 1 aromatic heterocycles. The molecule has 0 fully saturated rings. The Kier molecular flexibility index (Phi) is 8.06. The SMILES string of the molecule is C=CCNC(=O)[C@H](C)Sc1nc2ccccc2c(=O)n1CC[NH+](CC)CC. The largest absolute Gasteiger partial charge is 0.352 e. The number of quaternary nitrogens is 1. The topological polar surface area (TPSA) is 68.4 Å². The summed E-state index contributed by atoms with van der Waals surface area (Å²) in [5.41, 5.74) is 0.614.